The molecule has 2 aromatic carbocycles. The van der Waals surface area contributed by atoms with Crippen molar-refractivity contribution < 1.29 is 24.2 Å². The van der Waals surface area contributed by atoms with Gasteiger partial charge in [-0.15, -0.1) is 0 Å². The molecule has 1 aliphatic heterocycles. The highest BCUT2D eigenvalue weighted by Gasteiger charge is 2.42. The average molecular weight is 576 g/mol. The molecule has 4 rings (SSSR count). The number of rotatable bonds is 9. The molecule has 1 aliphatic carbocycles. The molecule has 9 heteroatoms. The Morgan fingerprint density at radius 3 is 2.67 bits per heavy atom. The zero-order valence-corrected chi connectivity index (χ0v) is 22.8. The minimum Gasteiger partial charge on any atom is -0.490 e. The third-order valence-corrected chi connectivity index (χ3v) is 8.10. The number of carbonyl (C=O) groups excluding carboxylic acids is 1. The largest absolute Gasteiger partial charge is 0.490 e. The molecular weight excluding hydrogens is 544 g/mol. The molecule has 3 atom stereocenters. The maximum Gasteiger partial charge on any atom is 0.341 e. The molecule has 36 heavy (non-hydrogen) atoms. The van der Waals surface area contributed by atoms with E-state index in [0.717, 1.165) is 30.5 Å². The first-order valence-corrected chi connectivity index (χ1v) is 13.9. The van der Waals surface area contributed by atoms with Gasteiger partial charge in [-0.1, -0.05) is 49.7 Å². The smallest absolute Gasteiger partial charge is 0.341 e. The predicted molar refractivity (Wildman–Crippen MR) is 146 cm³/mol. The molecule has 1 amide bonds. The SMILES string of the molecule is CCOc1cc(/C=C2\SC(Nc3ccccc3)N([C@H]3CCCC[C@H]3C)C2=O)cc(Br)c1OCC(=O)O. The first-order chi connectivity index (χ1) is 17.4. The Morgan fingerprint density at radius 2 is 1.97 bits per heavy atom. The van der Waals surface area contributed by atoms with Crippen LogP contribution in [-0.4, -0.2) is 46.6 Å². The maximum absolute atomic E-state index is 13.8. The lowest BCUT2D eigenvalue weighted by Crippen LogP contribution is -2.48. The van der Waals surface area contributed by atoms with Crippen molar-refractivity contribution in [3.05, 3.63) is 57.4 Å². The number of halogens is 1. The summed E-state index contributed by atoms with van der Waals surface area (Å²) < 4.78 is 11.7. The first-order valence-electron chi connectivity index (χ1n) is 12.2. The number of amides is 1. The number of ether oxygens (including phenoxy) is 2. The second-order valence-electron chi connectivity index (χ2n) is 8.98. The first kappa shape index (κ1) is 26.4. The summed E-state index contributed by atoms with van der Waals surface area (Å²) in [5.74, 6) is 0.136. The molecule has 1 unspecified atom stereocenters. The summed E-state index contributed by atoms with van der Waals surface area (Å²) in [6.45, 7) is 4.00. The summed E-state index contributed by atoms with van der Waals surface area (Å²) in [4.78, 5) is 27.4. The van der Waals surface area contributed by atoms with Crippen LogP contribution in [0.5, 0.6) is 11.5 Å². The summed E-state index contributed by atoms with van der Waals surface area (Å²) in [5, 5.41) is 12.6. The number of carboxylic acids is 1. The summed E-state index contributed by atoms with van der Waals surface area (Å²) >= 11 is 5.00. The molecule has 2 aliphatic rings. The predicted octanol–water partition coefficient (Wildman–Crippen LogP) is 6.20. The van der Waals surface area contributed by atoms with E-state index < -0.39 is 12.6 Å². The standard InChI is InChI=1S/C27H31BrN2O5S/c1-3-34-22-14-18(13-20(28)25(22)35-16-24(31)32)15-23-26(33)30(21-12-8-7-9-17(21)2)27(36-23)29-19-10-5-4-6-11-19/h4-6,10-11,13-15,17,21,27,29H,3,7-9,12,16H2,1-2H3,(H,31,32)/b23-15-/t17-,21+,27?/m1/s1. The van der Waals surface area contributed by atoms with Gasteiger partial charge in [0.25, 0.3) is 5.91 Å². The number of anilines is 1. The normalized spacial score (nSPS) is 23.1. The third kappa shape index (κ3) is 6.18. The maximum atomic E-state index is 13.8. The van der Waals surface area contributed by atoms with E-state index >= 15 is 0 Å². The molecule has 1 saturated carbocycles. The van der Waals surface area contributed by atoms with Crippen molar-refractivity contribution in [2.24, 2.45) is 5.92 Å². The van der Waals surface area contributed by atoms with E-state index in [9.17, 15) is 9.59 Å². The van der Waals surface area contributed by atoms with Crippen LogP contribution in [0.1, 0.15) is 45.1 Å². The molecule has 2 aromatic rings. The van der Waals surface area contributed by atoms with E-state index in [4.69, 9.17) is 14.6 Å². The van der Waals surface area contributed by atoms with Crippen molar-refractivity contribution in [1.29, 1.82) is 0 Å². The third-order valence-electron chi connectivity index (χ3n) is 6.39. The van der Waals surface area contributed by atoms with Crippen LogP contribution >= 0.6 is 27.7 Å². The highest BCUT2D eigenvalue weighted by Crippen LogP contribution is 2.43. The van der Waals surface area contributed by atoms with Gasteiger partial charge < -0.3 is 24.8 Å². The summed E-state index contributed by atoms with van der Waals surface area (Å²) in [6.07, 6.45) is 6.33. The van der Waals surface area contributed by atoms with Crippen LogP contribution in [0.4, 0.5) is 5.69 Å². The molecule has 0 bridgehead atoms. The zero-order valence-electron chi connectivity index (χ0n) is 20.4. The molecule has 2 N–H and O–H groups in total. The van der Waals surface area contributed by atoms with Crippen molar-refractivity contribution in [3.63, 3.8) is 0 Å². The fourth-order valence-electron chi connectivity index (χ4n) is 4.73. The Labute approximate surface area is 224 Å². The lowest BCUT2D eigenvalue weighted by atomic mass is 9.85. The van der Waals surface area contributed by atoms with Gasteiger partial charge in [0.15, 0.2) is 23.6 Å². The zero-order chi connectivity index (χ0) is 25.7. The van der Waals surface area contributed by atoms with E-state index in [-0.39, 0.29) is 17.4 Å². The van der Waals surface area contributed by atoms with Crippen LogP contribution in [0.3, 0.4) is 0 Å². The van der Waals surface area contributed by atoms with Crippen LogP contribution in [-0.2, 0) is 9.59 Å². The minimum atomic E-state index is -1.07. The molecule has 1 saturated heterocycles. The van der Waals surface area contributed by atoms with Gasteiger partial charge in [0.2, 0.25) is 0 Å². The van der Waals surface area contributed by atoms with Gasteiger partial charge in [0.1, 0.15) is 0 Å². The van der Waals surface area contributed by atoms with Crippen molar-refractivity contribution in [2.75, 3.05) is 18.5 Å². The highest BCUT2D eigenvalue weighted by atomic mass is 79.9. The van der Waals surface area contributed by atoms with Crippen molar-refractivity contribution in [1.82, 2.24) is 4.90 Å². The topological polar surface area (TPSA) is 88.1 Å². The molecule has 0 aromatic heterocycles. The number of hydrogen-bond acceptors (Lipinski definition) is 6. The highest BCUT2D eigenvalue weighted by molar-refractivity contribution is 9.10. The molecule has 0 spiro atoms. The average Bonchev–Trinajstić information content (AvgIpc) is 3.13. The number of nitrogens with zero attached hydrogens (tertiary/aromatic N) is 1. The molecule has 192 valence electrons. The van der Waals surface area contributed by atoms with Crippen LogP contribution < -0.4 is 14.8 Å². The number of hydrogen-bond donors (Lipinski definition) is 2. The van der Waals surface area contributed by atoms with Crippen molar-refractivity contribution in [3.8, 4) is 11.5 Å². The Morgan fingerprint density at radius 1 is 1.22 bits per heavy atom. The second-order valence-corrected chi connectivity index (χ2v) is 11.0. The number of aliphatic carboxylic acids is 1. The van der Waals surface area contributed by atoms with Gasteiger partial charge >= 0.3 is 5.97 Å². The Balaban J connectivity index is 1.66. The van der Waals surface area contributed by atoms with Crippen LogP contribution in [0.25, 0.3) is 6.08 Å². The quantitative estimate of drug-likeness (QED) is 0.344. The van der Waals surface area contributed by atoms with Gasteiger partial charge in [-0.3, -0.25) is 4.79 Å². The van der Waals surface area contributed by atoms with E-state index in [2.05, 4.69) is 28.2 Å². The molecular formula is C27H31BrN2O5S. The van der Waals surface area contributed by atoms with Gasteiger partial charge in [-0.2, -0.15) is 0 Å². The van der Waals surface area contributed by atoms with E-state index in [1.165, 1.54) is 18.2 Å². The minimum absolute atomic E-state index is 0.0208. The molecule has 7 nitrogen and oxygen atoms in total. The number of carboxylic acid groups (broad SMARTS) is 1. The number of thioether (sulfide) groups is 1. The van der Waals surface area contributed by atoms with Crippen molar-refractivity contribution >= 4 is 51.3 Å². The van der Waals surface area contributed by atoms with Crippen LogP contribution in [0.2, 0.25) is 0 Å². The fourth-order valence-corrected chi connectivity index (χ4v) is 6.51. The Bertz CT molecular complexity index is 1130. The van der Waals surface area contributed by atoms with Crippen LogP contribution in [0.15, 0.2) is 51.8 Å². The number of carbonyl (C=O) groups is 2. The number of nitrogens with one attached hydrogen (secondary N) is 1. The van der Waals surface area contributed by atoms with E-state index in [1.807, 2.05) is 54.3 Å². The Kier molecular flexibility index (Phi) is 8.85. The number of benzene rings is 2. The number of para-hydroxylation sites is 1. The fraction of sp³-hybridized carbons (Fsp3) is 0.407. The van der Waals surface area contributed by atoms with Gasteiger partial charge in [0, 0.05) is 11.7 Å². The van der Waals surface area contributed by atoms with E-state index in [0.29, 0.717) is 33.4 Å². The lowest BCUT2D eigenvalue weighted by Gasteiger charge is -2.39. The molecule has 1 heterocycles. The summed E-state index contributed by atoms with van der Waals surface area (Å²) in [5.41, 5.74) is 1.53. The van der Waals surface area contributed by atoms with Crippen molar-refractivity contribution in [2.45, 2.75) is 51.1 Å². The van der Waals surface area contributed by atoms with Gasteiger partial charge in [-0.05, 0) is 77.5 Å². The van der Waals surface area contributed by atoms with E-state index in [1.54, 1.807) is 6.07 Å². The van der Waals surface area contributed by atoms with Gasteiger partial charge in [0.05, 0.1) is 16.0 Å². The molecule has 0 radical (unpaired) electrons. The second kappa shape index (κ2) is 12.1. The Hall–Kier alpha value is -2.65. The lowest BCUT2D eigenvalue weighted by molar-refractivity contribution is -0.139. The monoisotopic (exact) mass is 574 g/mol. The summed E-state index contributed by atoms with van der Waals surface area (Å²) in [6, 6.07) is 13.7. The molecule has 2 fully saturated rings. The summed E-state index contributed by atoms with van der Waals surface area (Å²) in [7, 11) is 0. The van der Waals surface area contributed by atoms with Crippen LogP contribution in [0, 0.1) is 5.92 Å². The van der Waals surface area contributed by atoms with Gasteiger partial charge in [-0.25, -0.2) is 4.79 Å².